The van der Waals surface area contributed by atoms with Crippen molar-refractivity contribution < 1.29 is 23.9 Å². The van der Waals surface area contributed by atoms with Crippen molar-refractivity contribution in [1.82, 2.24) is 20.1 Å². The van der Waals surface area contributed by atoms with Crippen LogP contribution < -0.4 is 10.6 Å². The van der Waals surface area contributed by atoms with Crippen molar-refractivity contribution in [3.05, 3.63) is 77.5 Å². The lowest BCUT2D eigenvalue weighted by Crippen LogP contribution is -2.53. The van der Waals surface area contributed by atoms with Gasteiger partial charge in [-0.25, -0.2) is 4.79 Å². The maximum absolute atomic E-state index is 13.2. The van der Waals surface area contributed by atoms with Crippen molar-refractivity contribution in [3.63, 3.8) is 0 Å². The fourth-order valence-electron chi connectivity index (χ4n) is 4.52. The van der Waals surface area contributed by atoms with E-state index in [1.807, 2.05) is 42.5 Å². The van der Waals surface area contributed by atoms with Crippen LogP contribution in [0.5, 0.6) is 0 Å². The molecule has 3 aromatic rings. The summed E-state index contributed by atoms with van der Waals surface area (Å²) in [7, 11) is 0. The number of rotatable bonds is 7. The highest BCUT2D eigenvalue weighted by Gasteiger charge is 2.36. The van der Waals surface area contributed by atoms with Gasteiger partial charge in [-0.1, -0.05) is 48.5 Å². The van der Waals surface area contributed by atoms with Gasteiger partial charge in [0.15, 0.2) is 0 Å². The maximum atomic E-state index is 13.2. The van der Waals surface area contributed by atoms with Crippen LogP contribution in [0.15, 0.2) is 66.4 Å². The van der Waals surface area contributed by atoms with Crippen LogP contribution >= 0.6 is 0 Å². The average Bonchev–Trinajstić information content (AvgIpc) is 3.52. The molecule has 36 heavy (non-hydrogen) atoms. The molecule has 0 saturated carbocycles. The highest BCUT2D eigenvalue weighted by Crippen LogP contribution is 2.25. The standard InChI is InChI=1S/C27H26N4O5/c32-24(28-14-20-9-6-12-36-20)17-30-16-19(21-10-4-5-11-23(21)30)13-22-25(33)29-27(35)31(26(22)34)15-18-7-2-1-3-8-18/h1-5,7-8,10-11,13,16,20H,6,9,12,14-15,17H2,(H,28,32)(H,29,33,35)/b22-13+/t20-/m1/s1. The van der Waals surface area contributed by atoms with Crippen molar-refractivity contribution in [2.24, 2.45) is 0 Å². The molecule has 2 aliphatic rings. The van der Waals surface area contributed by atoms with Gasteiger partial charge in [-0.2, -0.15) is 0 Å². The van der Waals surface area contributed by atoms with Gasteiger partial charge in [0.2, 0.25) is 5.91 Å². The van der Waals surface area contributed by atoms with Crippen LogP contribution in [0.25, 0.3) is 17.0 Å². The number of hydrogen-bond donors (Lipinski definition) is 2. The van der Waals surface area contributed by atoms with E-state index in [9.17, 15) is 19.2 Å². The van der Waals surface area contributed by atoms with E-state index in [-0.39, 0.29) is 30.7 Å². The van der Waals surface area contributed by atoms with E-state index < -0.39 is 17.8 Å². The third-order valence-electron chi connectivity index (χ3n) is 6.35. The van der Waals surface area contributed by atoms with Crippen molar-refractivity contribution in [1.29, 1.82) is 0 Å². The molecule has 9 heteroatoms. The lowest BCUT2D eigenvalue weighted by Gasteiger charge is -2.26. The number of carbonyl (C=O) groups is 4. The van der Waals surface area contributed by atoms with Crippen molar-refractivity contribution in [2.75, 3.05) is 13.2 Å². The van der Waals surface area contributed by atoms with Gasteiger partial charge in [0.1, 0.15) is 12.1 Å². The van der Waals surface area contributed by atoms with Crippen LogP contribution in [0.4, 0.5) is 4.79 Å². The summed E-state index contributed by atoms with van der Waals surface area (Å²) in [6.45, 7) is 1.31. The Balaban J connectivity index is 1.40. The van der Waals surface area contributed by atoms with Gasteiger partial charge in [0, 0.05) is 35.8 Å². The summed E-state index contributed by atoms with van der Waals surface area (Å²) >= 11 is 0. The second kappa shape index (κ2) is 10.2. The number of nitrogens with zero attached hydrogens (tertiary/aromatic N) is 2. The molecule has 2 N–H and O–H groups in total. The zero-order chi connectivity index (χ0) is 25.1. The molecule has 2 saturated heterocycles. The number of aromatic nitrogens is 1. The van der Waals surface area contributed by atoms with Gasteiger partial charge in [0.05, 0.1) is 12.6 Å². The van der Waals surface area contributed by atoms with Gasteiger partial charge in [0.25, 0.3) is 11.8 Å². The van der Waals surface area contributed by atoms with E-state index in [0.717, 1.165) is 40.8 Å². The fraction of sp³-hybridized carbons (Fsp3) is 0.259. The number of hydrogen-bond acceptors (Lipinski definition) is 5. The molecule has 2 fully saturated rings. The number of nitrogens with one attached hydrogen (secondary N) is 2. The molecule has 1 aromatic heterocycles. The van der Waals surface area contributed by atoms with Crippen LogP contribution in [0, 0.1) is 0 Å². The Bertz CT molecular complexity index is 1360. The summed E-state index contributed by atoms with van der Waals surface area (Å²) in [6, 6.07) is 15.8. The predicted molar refractivity (Wildman–Crippen MR) is 132 cm³/mol. The second-order valence-corrected chi connectivity index (χ2v) is 8.86. The van der Waals surface area contributed by atoms with Gasteiger partial charge >= 0.3 is 6.03 Å². The maximum Gasteiger partial charge on any atom is 0.331 e. The number of ether oxygens (including phenoxy) is 1. The first-order chi connectivity index (χ1) is 17.5. The van der Waals surface area contributed by atoms with Crippen LogP contribution in [0.1, 0.15) is 24.0 Å². The summed E-state index contributed by atoms with van der Waals surface area (Å²) in [5, 5.41) is 5.95. The molecule has 3 heterocycles. The first-order valence-corrected chi connectivity index (χ1v) is 11.9. The molecule has 2 aliphatic heterocycles. The smallest absolute Gasteiger partial charge is 0.331 e. The van der Waals surface area contributed by atoms with E-state index in [4.69, 9.17) is 4.74 Å². The van der Waals surface area contributed by atoms with Gasteiger partial charge < -0.3 is 14.6 Å². The van der Waals surface area contributed by atoms with Crippen LogP contribution in [0.3, 0.4) is 0 Å². The van der Waals surface area contributed by atoms with Gasteiger partial charge in [-0.05, 0) is 30.5 Å². The topological polar surface area (TPSA) is 110 Å². The van der Waals surface area contributed by atoms with Crippen LogP contribution in [-0.2, 0) is 32.2 Å². The highest BCUT2D eigenvalue weighted by molar-refractivity contribution is 6.31. The van der Waals surface area contributed by atoms with Crippen LogP contribution in [-0.4, -0.2) is 52.5 Å². The Kier molecular flexibility index (Phi) is 6.64. The molecule has 2 aromatic carbocycles. The van der Waals surface area contributed by atoms with Crippen molar-refractivity contribution >= 4 is 40.7 Å². The molecule has 5 amide bonds. The summed E-state index contributed by atoms with van der Waals surface area (Å²) in [6.07, 6.45) is 5.20. The van der Waals surface area contributed by atoms with E-state index in [0.29, 0.717) is 12.1 Å². The zero-order valence-electron chi connectivity index (χ0n) is 19.6. The van der Waals surface area contributed by atoms with E-state index in [1.165, 1.54) is 6.08 Å². The third-order valence-corrected chi connectivity index (χ3v) is 6.35. The Labute approximate surface area is 207 Å². The van der Waals surface area contributed by atoms with Gasteiger partial charge in [-0.3, -0.25) is 24.6 Å². The summed E-state index contributed by atoms with van der Waals surface area (Å²) in [4.78, 5) is 51.8. The number of barbiturate groups is 1. The zero-order valence-corrected chi connectivity index (χ0v) is 19.6. The van der Waals surface area contributed by atoms with Crippen LogP contribution in [0.2, 0.25) is 0 Å². The Morgan fingerprint density at radius 3 is 2.64 bits per heavy atom. The number of carbonyl (C=O) groups excluding carboxylic acids is 4. The molecule has 5 rings (SSSR count). The minimum atomic E-state index is -0.753. The first kappa shape index (κ1) is 23.5. The molecule has 9 nitrogen and oxygen atoms in total. The second-order valence-electron chi connectivity index (χ2n) is 8.86. The molecule has 0 bridgehead atoms. The van der Waals surface area contributed by atoms with E-state index in [1.54, 1.807) is 22.9 Å². The fourth-order valence-corrected chi connectivity index (χ4v) is 4.52. The van der Waals surface area contributed by atoms with E-state index in [2.05, 4.69) is 10.6 Å². The Morgan fingerprint density at radius 1 is 1.08 bits per heavy atom. The highest BCUT2D eigenvalue weighted by atomic mass is 16.5. The van der Waals surface area contributed by atoms with Crippen molar-refractivity contribution in [2.45, 2.75) is 32.0 Å². The lowest BCUT2D eigenvalue weighted by atomic mass is 10.1. The monoisotopic (exact) mass is 486 g/mol. The number of amides is 5. The molecule has 184 valence electrons. The SMILES string of the molecule is O=C(Cn1cc(/C=C2\C(=O)NC(=O)N(Cc3ccccc3)C2=O)c2ccccc21)NC[C@H]1CCCO1. The first-order valence-electron chi connectivity index (χ1n) is 11.9. The summed E-state index contributed by atoms with van der Waals surface area (Å²) in [5.74, 6) is -1.57. The molecule has 0 aliphatic carbocycles. The molecular weight excluding hydrogens is 460 g/mol. The van der Waals surface area contributed by atoms with E-state index >= 15 is 0 Å². The lowest BCUT2D eigenvalue weighted by molar-refractivity contribution is -0.130. The number of urea groups is 1. The average molecular weight is 487 g/mol. The Hall–Kier alpha value is -4.24. The number of imide groups is 2. The number of benzene rings is 2. The Morgan fingerprint density at radius 2 is 1.86 bits per heavy atom. The summed E-state index contributed by atoms with van der Waals surface area (Å²) < 4.78 is 7.34. The molecular formula is C27H26N4O5. The molecule has 0 spiro atoms. The molecule has 0 radical (unpaired) electrons. The molecule has 0 unspecified atom stereocenters. The number of para-hydroxylation sites is 1. The predicted octanol–water partition coefficient (Wildman–Crippen LogP) is 2.60. The summed E-state index contributed by atoms with van der Waals surface area (Å²) in [5.41, 5.74) is 2.01. The third kappa shape index (κ3) is 4.92. The minimum Gasteiger partial charge on any atom is -0.376 e. The largest absolute Gasteiger partial charge is 0.376 e. The molecule has 1 atom stereocenters. The van der Waals surface area contributed by atoms with Crippen molar-refractivity contribution in [3.8, 4) is 0 Å². The quantitative estimate of drug-likeness (QED) is 0.394. The van der Waals surface area contributed by atoms with Gasteiger partial charge in [-0.15, -0.1) is 0 Å². The normalized spacial score (nSPS) is 19.2. The minimum absolute atomic E-state index is 0.0444. The number of fused-ring (bicyclic) bond motifs is 1.